The lowest BCUT2D eigenvalue weighted by Crippen LogP contribution is -2.54. The van der Waals surface area contributed by atoms with E-state index in [4.69, 9.17) is 5.26 Å². The van der Waals surface area contributed by atoms with Gasteiger partial charge in [0.1, 0.15) is 12.1 Å². The van der Waals surface area contributed by atoms with Crippen LogP contribution in [0.4, 0.5) is 0 Å². The van der Waals surface area contributed by atoms with Crippen molar-refractivity contribution in [2.45, 2.75) is 23.8 Å². The minimum atomic E-state index is -3.95. The summed E-state index contributed by atoms with van der Waals surface area (Å²) in [5.74, 6) is 2.92. The van der Waals surface area contributed by atoms with E-state index in [2.05, 4.69) is 21.9 Å². The molecule has 2 aliphatic rings. The Morgan fingerprint density at radius 1 is 1.06 bits per heavy atom. The van der Waals surface area contributed by atoms with E-state index in [1.807, 2.05) is 6.07 Å². The first-order valence-corrected chi connectivity index (χ1v) is 11.5. The van der Waals surface area contributed by atoms with Crippen LogP contribution in [0.25, 0.3) is 0 Å². The molecule has 1 saturated heterocycles. The third-order valence-corrected chi connectivity index (χ3v) is 6.78. The monoisotopic (exact) mass is 476 g/mol. The Hall–Kier alpha value is -4.32. The molecule has 170 valence electrons. The average Bonchev–Trinajstić information content (AvgIpc) is 3.06. The Balaban J connectivity index is 1.49. The van der Waals surface area contributed by atoms with Crippen LogP contribution < -0.4 is 10.0 Å². The molecule has 0 radical (unpaired) electrons. The van der Waals surface area contributed by atoms with Crippen molar-refractivity contribution in [3.8, 4) is 17.9 Å². The predicted octanol–water partition coefficient (Wildman–Crippen LogP) is 0.289. The quantitative estimate of drug-likeness (QED) is 0.475. The first-order valence-electron chi connectivity index (χ1n) is 10.1. The van der Waals surface area contributed by atoms with Gasteiger partial charge in [0.25, 0.3) is 11.8 Å². The molecule has 2 heterocycles. The maximum Gasteiger partial charge on any atom is 0.262 e. The van der Waals surface area contributed by atoms with Gasteiger partial charge in [-0.2, -0.15) is 9.98 Å². The highest BCUT2D eigenvalue weighted by Crippen LogP contribution is 2.28. The predicted molar refractivity (Wildman–Crippen MR) is 116 cm³/mol. The van der Waals surface area contributed by atoms with E-state index >= 15 is 0 Å². The van der Waals surface area contributed by atoms with Crippen molar-refractivity contribution in [3.05, 3.63) is 64.7 Å². The Bertz CT molecular complexity index is 1460. The van der Waals surface area contributed by atoms with Gasteiger partial charge in [-0.15, -0.1) is 0 Å². The van der Waals surface area contributed by atoms with Crippen molar-refractivity contribution in [2.75, 3.05) is 6.54 Å². The molecule has 2 aromatic rings. The van der Waals surface area contributed by atoms with Gasteiger partial charge >= 0.3 is 0 Å². The first kappa shape index (κ1) is 22.9. The molecule has 2 aliphatic heterocycles. The number of nitriles is 1. The number of piperidine rings is 1. The lowest BCUT2D eigenvalue weighted by atomic mass is 10.0. The highest BCUT2D eigenvalue weighted by atomic mass is 32.2. The van der Waals surface area contributed by atoms with E-state index in [0.29, 0.717) is 5.56 Å². The molecule has 1 fully saturated rings. The van der Waals surface area contributed by atoms with E-state index < -0.39 is 39.7 Å². The fourth-order valence-corrected chi connectivity index (χ4v) is 4.78. The van der Waals surface area contributed by atoms with Gasteiger partial charge in [0.2, 0.25) is 21.8 Å². The maximum absolute atomic E-state index is 12.8. The fourth-order valence-electron chi connectivity index (χ4n) is 3.70. The average molecular weight is 476 g/mol. The Morgan fingerprint density at radius 3 is 2.53 bits per heavy atom. The third-order valence-electron chi connectivity index (χ3n) is 5.32. The van der Waals surface area contributed by atoms with E-state index in [0.717, 1.165) is 4.90 Å². The van der Waals surface area contributed by atoms with Gasteiger partial charge in [0.15, 0.2) is 0 Å². The fraction of sp³-hybridized carbons (Fsp3) is 0.174. The van der Waals surface area contributed by atoms with Crippen molar-refractivity contribution in [1.82, 2.24) is 14.9 Å². The normalized spacial score (nSPS) is 17.5. The number of hydrogen-bond donors (Lipinski definition) is 2. The molecule has 11 heteroatoms. The summed E-state index contributed by atoms with van der Waals surface area (Å²) in [6.07, 6.45) is 0.0765. The van der Waals surface area contributed by atoms with Gasteiger partial charge in [0, 0.05) is 12.0 Å². The van der Waals surface area contributed by atoms with Gasteiger partial charge in [-0.1, -0.05) is 24.0 Å². The molecule has 34 heavy (non-hydrogen) atoms. The molecule has 1 atom stereocenters. The topological polar surface area (TPSA) is 154 Å². The lowest BCUT2D eigenvalue weighted by molar-refractivity contribution is -0.136. The number of rotatable bonds is 4. The van der Waals surface area contributed by atoms with E-state index in [9.17, 15) is 27.6 Å². The van der Waals surface area contributed by atoms with Crippen molar-refractivity contribution in [1.29, 1.82) is 5.26 Å². The molecule has 0 spiro atoms. The van der Waals surface area contributed by atoms with Gasteiger partial charge in [-0.3, -0.25) is 29.4 Å². The van der Waals surface area contributed by atoms with Crippen LogP contribution in [0, 0.1) is 23.2 Å². The minimum absolute atomic E-state index is 0.00493. The van der Waals surface area contributed by atoms with Crippen LogP contribution in [0.3, 0.4) is 0 Å². The Kier molecular flexibility index (Phi) is 5.99. The zero-order valence-electron chi connectivity index (χ0n) is 17.5. The number of amides is 4. The summed E-state index contributed by atoms with van der Waals surface area (Å²) in [5.41, 5.74) is 0.561. The number of carbonyl (C=O) groups excluding carboxylic acids is 4. The van der Waals surface area contributed by atoms with Gasteiger partial charge in [0.05, 0.1) is 28.1 Å². The van der Waals surface area contributed by atoms with Crippen molar-refractivity contribution in [2.24, 2.45) is 0 Å². The number of hydrogen-bond acceptors (Lipinski definition) is 7. The molecule has 0 bridgehead atoms. The summed E-state index contributed by atoms with van der Waals surface area (Å²) in [4.78, 5) is 49.7. The molecule has 0 aliphatic carbocycles. The third kappa shape index (κ3) is 4.18. The first-order chi connectivity index (χ1) is 16.2. The Labute approximate surface area is 194 Å². The van der Waals surface area contributed by atoms with Crippen LogP contribution in [0.2, 0.25) is 0 Å². The number of imide groups is 2. The van der Waals surface area contributed by atoms with E-state index in [-0.39, 0.29) is 41.0 Å². The second-order valence-electron chi connectivity index (χ2n) is 7.44. The molecule has 0 aromatic heterocycles. The van der Waals surface area contributed by atoms with Crippen molar-refractivity contribution in [3.63, 3.8) is 0 Å². The SMILES string of the molecule is N#Cc1ccccc1S(=O)(=O)NCC#Cc1ccc2c(c1)C(=O)N(C1CCC(=O)NC1=O)C2=O. The van der Waals surface area contributed by atoms with Crippen LogP contribution in [0.1, 0.15) is 44.7 Å². The van der Waals surface area contributed by atoms with Crippen molar-refractivity contribution >= 4 is 33.7 Å². The van der Waals surface area contributed by atoms with Crippen LogP contribution in [0.5, 0.6) is 0 Å². The van der Waals surface area contributed by atoms with Crippen LogP contribution in [-0.2, 0) is 19.6 Å². The summed E-state index contributed by atoms with van der Waals surface area (Å²) in [6, 6.07) is 10.8. The molecule has 10 nitrogen and oxygen atoms in total. The van der Waals surface area contributed by atoms with Crippen LogP contribution in [0.15, 0.2) is 47.4 Å². The Morgan fingerprint density at radius 2 is 1.79 bits per heavy atom. The summed E-state index contributed by atoms with van der Waals surface area (Å²) in [5, 5.41) is 11.2. The van der Waals surface area contributed by atoms with E-state index in [1.165, 1.54) is 36.4 Å². The van der Waals surface area contributed by atoms with Crippen LogP contribution in [-0.4, -0.2) is 49.5 Å². The number of carbonyl (C=O) groups is 4. The highest BCUT2D eigenvalue weighted by Gasteiger charge is 2.44. The largest absolute Gasteiger partial charge is 0.295 e. The van der Waals surface area contributed by atoms with Gasteiger partial charge < -0.3 is 0 Å². The summed E-state index contributed by atoms with van der Waals surface area (Å²) < 4.78 is 27.1. The molecule has 2 N–H and O–H groups in total. The summed E-state index contributed by atoms with van der Waals surface area (Å²) in [6.45, 7) is -0.255. The molecular weight excluding hydrogens is 460 g/mol. The lowest BCUT2D eigenvalue weighted by Gasteiger charge is -2.27. The number of nitrogens with zero attached hydrogens (tertiary/aromatic N) is 2. The summed E-state index contributed by atoms with van der Waals surface area (Å²) in [7, 11) is -3.95. The molecule has 1 unspecified atom stereocenters. The van der Waals surface area contributed by atoms with Gasteiger partial charge in [-0.25, -0.2) is 8.42 Å². The smallest absolute Gasteiger partial charge is 0.262 e. The number of benzene rings is 2. The standard InChI is InChI=1S/C23H16N4O6S/c24-13-15-5-1-2-6-19(15)34(32,33)25-11-3-4-14-7-8-16-17(12-14)23(31)27(22(16)30)18-9-10-20(28)26-21(18)29/h1-2,5-8,12,18,25H,9-11H2,(H,26,28,29). The number of sulfonamides is 1. The molecule has 2 aromatic carbocycles. The maximum atomic E-state index is 12.8. The molecule has 4 rings (SSSR count). The highest BCUT2D eigenvalue weighted by molar-refractivity contribution is 7.89. The summed E-state index contributed by atoms with van der Waals surface area (Å²) >= 11 is 0. The molecule has 0 saturated carbocycles. The molecular formula is C23H16N4O6S. The number of nitrogens with one attached hydrogen (secondary N) is 2. The zero-order valence-corrected chi connectivity index (χ0v) is 18.3. The van der Waals surface area contributed by atoms with Crippen LogP contribution >= 0.6 is 0 Å². The second-order valence-corrected chi connectivity index (χ2v) is 9.18. The van der Waals surface area contributed by atoms with E-state index in [1.54, 1.807) is 6.07 Å². The second kappa shape index (κ2) is 8.90. The van der Waals surface area contributed by atoms with Gasteiger partial charge in [-0.05, 0) is 36.8 Å². The number of fused-ring (bicyclic) bond motifs is 1. The molecule has 4 amide bonds. The minimum Gasteiger partial charge on any atom is -0.295 e. The van der Waals surface area contributed by atoms with Crippen molar-refractivity contribution < 1.29 is 27.6 Å². The zero-order chi connectivity index (χ0) is 24.5.